The number of rotatable bonds is 0. The van der Waals surface area contributed by atoms with Crippen LogP contribution < -0.4 is 5.56 Å². The Hall–Kier alpha value is -2.23. The minimum absolute atomic E-state index is 0.156. The van der Waals surface area contributed by atoms with Gasteiger partial charge in [-0.05, 0) is 12.1 Å². The van der Waals surface area contributed by atoms with Crippen molar-refractivity contribution >= 4 is 21.8 Å². The predicted molar refractivity (Wildman–Crippen MR) is 58.1 cm³/mol. The molecule has 0 unspecified atom stereocenters. The maximum Gasteiger partial charge on any atom is 0.272 e. The summed E-state index contributed by atoms with van der Waals surface area (Å²) in [6.45, 7) is 0. The largest absolute Gasteiger partial charge is 0.506 e. The molecule has 4 nitrogen and oxygen atoms in total. The van der Waals surface area contributed by atoms with E-state index in [4.69, 9.17) is 0 Å². The van der Waals surface area contributed by atoms with Crippen molar-refractivity contribution < 1.29 is 5.11 Å². The number of nitrogens with one attached hydrogen (secondary N) is 2. The normalized spacial score (nSPS) is 11.2. The van der Waals surface area contributed by atoms with Gasteiger partial charge in [0.2, 0.25) is 0 Å². The Kier molecular flexibility index (Phi) is 1.42. The van der Waals surface area contributed by atoms with Crippen LogP contribution in [0.4, 0.5) is 0 Å². The summed E-state index contributed by atoms with van der Waals surface area (Å²) in [6.07, 6.45) is 1.60. The van der Waals surface area contributed by atoms with Crippen LogP contribution in [0.25, 0.3) is 21.8 Å². The number of hydrogen-bond donors (Lipinski definition) is 3. The molecule has 0 fully saturated rings. The number of pyridine rings is 1. The average molecular weight is 200 g/mol. The molecule has 3 rings (SSSR count). The molecule has 0 amide bonds. The van der Waals surface area contributed by atoms with Gasteiger partial charge >= 0.3 is 0 Å². The van der Waals surface area contributed by atoms with Gasteiger partial charge < -0.3 is 15.1 Å². The molecular formula is C11H8N2O2. The fourth-order valence-electron chi connectivity index (χ4n) is 1.85. The van der Waals surface area contributed by atoms with Crippen LogP contribution in [0.15, 0.2) is 35.3 Å². The maximum absolute atomic E-state index is 11.5. The second kappa shape index (κ2) is 2.63. The number of phenolic OH excluding ortho intramolecular Hbond substituents is 1. The Morgan fingerprint density at radius 2 is 1.87 bits per heavy atom. The average Bonchev–Trinajstić information content (AvgIpc) is 2.60. The Morgan fingerprint density at radius 1 is 1.07 bits per heavy atom. The zero-order valence-electron chi connectivity index (χ0n) is 7.74. The minimum atomic E-state index is -0.178. The summed E-state index contributed by atoms with van der Waals surface area (Å²) in [4.78, 5) is 17.0. The molecular weight excluding hydrogens is 192 g/mol. The van der Waals surface area contributed by atoms with Crippen molar-refractivity contribution in [3.8, 4) is 5.75 Å². The van der Waals surface area contributed by atoms with E-state index >= 15 is 0 Å². The molecule has 4 heteroatoms. The van der Waals surface area contributed by atoms with Crippen LogP contribution in [0.3, 0.4) is 0 Å². The second-order valence-corrected chi connectivity index (χ2v) is 3.42. The third-order valence-corrected chi connectivity index (χ3v) is 2.54. The van der Waals surface area contributed by atoms with Gasteiger partial charge in [-0.3, -0.25) is 4.79 Å². The summed E-state index contributed by atoms with van der Waals surface area (Å²) in [5, 5.41) is 11.3. The SMILES string of the molecule is O=c1[nH]ccc2c1[nH]c1c(O)cccc12. The highest BCUT2D eigenvalue weighted by atomic mass is 16.3. The van der Waals surface area contributed by atoms with Crippen LogP contribution in [-0.4, -0.2) is 15.1 Å². The van der Waals surface area contributed by atoms with E-state index in [1.807, 2.05) is 12.1 Å². The molecule has 0 atom stereocenters. The van der Waals surface area contributed by atoms with Crippen molar-refractivity contribution in [1.29, 1.82) is 0 Å². The van der Waals surface area contributed by atoms with Crippen molar-refractivity contribution in [3.05, 3.63) is 40.8 Å². The lowest BCUT2D eigenvalue weighted by Gasteiger charge is -1.92. The molecule has 0 aliphatic carbocycles. The lowest BCUT2D eigenvalue weighted by atomic mass is 10.2. The summed E-state index contributed by atoms with van der Waals surface area (Å²) >= 11 is 0. The highest BCUT2D eigenvalue weighted by Crippen LogP contribution is 2.28. The van der Waals surface area contributed by atoms with Crippen LogP contribution in [0, 0.1) is 0 Å². The van der Waals surface area contributed by atoms with E-state index in [1.165, 1.54) is 0 Å². The van der Waals surface area contributed by atoms with E-state index in [9.17, 15) is 9.90 Å². The fraction of sp³-hybridized carbons (Fsp3) is 0. The Labute approximate surface area is 84.2 Å². The standard InChI is InChI=1S/C11H8N2O2/c14-8-3-1-2-6-7-4-5-12-11(15)10(7)13-9(6)8/h1-5,13-14H,(H,12,15). The molecule has 0 spiro atoms. The van der Waals surface area contributed by atoms with Gasteiger partial charge in [0, 0.05) is 17.0 Å². The Balaban J connectivity index is 2.69. The van der Waals surface area contributed by atoms with Crippen molar-refractivity contribution in [3.63, 3.8) is 0 Å². The summed E-state index contributed by atoms with van der Waals surface area (Å²) in [5.74, 6) is 0.156. The van der Waals surface area contributed by atoms with Gasteiger partial charge in [0.25, 0.3) is 5.56 Å². The number of aromatic hydroxyl groups is 1. The third kappa shape index (κ3) is 0.985. The molecule has 0 saturated heterocycles. The highest BCUT2D eigenvalue weighted by Gasteiger charge is 2.08. The molecule has 2 heterocycles. The number of fused-ring (bicyclic) bond motifs is 3. The Morgan fingerprint density at radius 3 is 2.73 bits per heavy atom. The van der Waals surface area contributed by atoms with Crippen LogP contribution in [-0.2, 0) is 0 Å². The van der Waals surface area contributed by atoms with Crippen LogP contribution >= 0.6 is 0 Å². The van der Waals surface area contributed by atoms with Crippen LogP contribution in [0.1, 0.15) is 0 Å². The van der Waals surface area contributed by atoms with Crippen molar-refractivity contribution in [1.82, 2.24) is 9.97 Å². The monoisotopic (exact) mass is 200 g/mol. The predicted octanol–water partition coefficient (Wildman–Crippen LogP) is 1.71. The zero-order chi connectivity index (χ0) is 10.4. The van der Waals surface area contributed by atoms with Crippen LogP contribution in [0.5, 0.6) is 5.75 Å². The van der Waals surface area contributed by atoms with Gasteiger partial charge in [0.15, 0.2) is 0 Å². The maximum atomic E-state index is 11.5. The minimum Gasteiger partial charge on any atom is -0.506 e. The van der Waals surface area contributed by atoms with E-state index in [0.29, 0.717) is 11.0 Å². The van der Waals surface area contributed by atoms with Gasteiger partial charge in [0.1, 0.15) is 11.3 Å². The van der Waals surface area contributed by atoms with Crippen molar-refractivity contribution in [2.24, 2.45) is 0 Å². The van der Waals surface area contributed by atoms with Crippen LogP contribution in [0.2, 0.25) is 0 Å². The van der Waals surface area contributed by atoms with Gasteiger partial charge in [-0.25, -0.2) is 0 Å². The third-order valence-electron chi connectivity index (χ3n) is 2.54. The number of hydrogen-bond acceptors (Lipinski definition) is 2. The first kappa shape index (κ1) is 8.11. The fourth-order valence-corrected chi connectivity index (χ4v) is 1.85. The number of para-hydroxylation sites is 1. The summed E-state index contributed by atoms with van der Waals surface area (Å²) in [6, 6.07) is 7.03. The zero-order valence-corrected chi connectivity index (χ0v) is 7.74. The Bertz CT molecular complexity index is 709. The molecule has 1 aromatic carbocycles. The molecule has 0 aliphatic heterocycles. The quantitative estimate of drug-likeness (QED) is 0.517. The number of aromatic nitrogens is 2. The molecule has 0 saturated carbocycles. The molecule has 2 aromatic heterocycles. The molecule has 0 aliphatic rings. The lowest BCUT2D eigenvalue weighted by Crippen LogP contribution is -2.03. The van der Waals surface area contributed by atoms with E-state index in [-0.39, 0.29) is 11.3 Å². The number of benzene rings is 1. The molecule has 74 valence electrons. The van der Waals surface area contributed by atoms with E-state index in [1.54, 1.807) is 18.3 Å². The summed E-state index contributed by atoms with van der Waals surface area (Å²) < 4.78 is 0. The van der Waals surface area contributed by atoms with Crippen molar-refractivity contribution in [2.75, 3.05) is 0 Å². The lowest BCUT2D eigenvalue weighted by molar-refractivity contribution is 0.480. The van der Waals surface area contributed by atoms with E-state index in [2.05, 4.69) is 9.97 Å². The molecule has 0 radical (unpaired) electrons. The molecule has 0 bridgehead atoms. The second-order valence-electron chi connectivity index (χ2n) is 3.42. The molecule has 3 aromatic rings. The first-order valence-corrected chi connectivity index (χ1v) is 4.58. The van der Waals surface area contributed by atoms with Gasteiger partial charge in [0.05, 0.1) is 5.52 Å². The summed E-state index contributed by atoms with van der Waals surface area (Å²) in [5.41, 5.74) is 0.918. The molecule has 3 N–H and O–H groups in total. The van der Waals surface area contributed by atoms with E-state index < -0.39 is 0 Å². The topological polar surface area (TPSA) is 68.9 Å². The van der Waals surface area contributed by atoms with Gasteiger partial charge in [-0.15, -0.1) is 0 Å². The summed E-state index contributed by atoms with van der Waals surface area (Å²) in [7, 11) is 0. The van der Waals surface area contributed by atoms with Gasteiger partial charge in [-0.1, -0.05) is 12.1 Å². The first-order valence-electron chi connectivity index (χ1n) is 4.58. The van der Waals surface area contributed by atoms with Gasteiger partial charge in [-0.2, -0.15) is 0 Å². The highest BCUT2D eigenvalue weighted by molar-refractivity contribution is 6.08. The number of H-pyrrole nitrogens is 2. The van der Waals surface area contributed by atoms with E-state index in [0.717, 1.165) is 10.8 Å². The smallest absolute Gasteiger partial charge is 0.272 e. The number of aromatic amines is 2. The first-order chi connectivity index (χ1) is 7.27. The van der Waals surface area contributed by atoms with Crippen molar-refractivity contribution in [2.45, 2.75) is 0 Å². The molecule has 15 heavy (non-hydrogen) atoms. The number of phenols is 1.